The molecule has 9 heteroatoms. The molecule has 1 fully saturated rings. The highest BCUT2D eigenvalue weighted by Crippen LogP contribution is 2.35. The fourth-order valence-corrected chi connectivity index (χ4v) is 4.00. The minimum Gasteiger partial charge on any atom is -0.382 e. The monoisotopic (exact) mass is 441 g/mol. The SMILES string of the molecule is Cc1ccc(C(=O)Nc2cncc(C(F)(F)F)c2)cc1[C@@H]1CCN(c2cccnc2N)C1. The van der Waals surface area contributed by atoms with Gasteiger partial charge in [-0.05, 0) is 54.8 Å². The van der Waals surface area contributed by atoms with E-state index in [2.05, 4.69) is 20.2 Å². The highest BCUT2D eigenvalue weighted by atomic mass is 19.4. The summed E-state index contributed by atoms with van der Waals surface area (Å²) in [6.07, 6.45) is -0.0804. The molecule has 3 aromatic rings. The van der Waals surface area contributed by atoms with Gasteiger partial charge in [-0.2, -0.15) is 13.2 Å². The molecule has 32 heavy (non-hydrogen) atoms. The summed E-state index contributed by atoms with van der Waals surface area (Å²) in [4.78, 5) is 22.6. The number of rotatable bonds is 4. The van der Waals surface area contributed by atoms with Gasteiger partial charge in [-0.15, -0.1) is 0 Å². The number of nitrogens with one attached hydrogen (secondary N) is 1. The van der Waals surface area contributed by atoms with Crippen molar-refractivity contribution in [1.29, 1.82) is 0 Å². The number of halogens is 3. The Bertz CT molecular complexity index is 1150. The number of pyridine rings is 2. The van der Waals surface area contributed by atoms with Gasteiger partial charge >= 0.3 is 6.18 Å². The van der Waals surface area contributed by atoms with Crippen molar-refractivity contribution in [3.8, 4) is 0 Å². The highest BCUT2D eigenvalue weighted by Gasteiger charge is 2.31. The summed E-state index contributed by atoms with van der Waals surface area (Å²) in [6, 6.07) is 9.98. The zero-order chi connectivity index (χ0) is 22.9. The number of aromatic nitrogens is 2. The number of anilines is 3. The molecule has 1 aromatic carbocycles. The van der Waals surface area contributed by atoms with Crippen molar-refractivity contribution in [2.24, 2.45) is 0 Å². The van der Waals surface area contributed by atoms with Crippen LogP contribution in [0.4, 0.5) is 30.4 Å². The van der Waals surface area contributed by atoms with Gasteiger partial charge in [0.25, 0.3) is 5.91 Å². The first-order valence-corrected chi connectivity index (χ1v) is 10.1. The predicted octanol–water partition coefficient (Wildman–Crippen LogP) is 4.63. The third-order valence-electron chi connectivity index (χ3n) is 5.65. The topological polar surface area (TPSA) is 84.1 Å². The van der Waals surface area contributed by atoms with E-state index in [-0.39, 0.29) is 11.6 Å². The Balaban J connectivity index is 1.52. The Hall–Kier alpha value is -3.62. The predicted molar refractivity (Wildman–Crippen MR) is 117 cm³/mol. The fourth-order valence-electron chi connectivity index (χ4n) is 4.00. The first-order valence-electron chi connectivity index (χ1n) is 10.1. The van der Waals surface area contributed by atoms with Gasteiger partial charge in [-0.3, -0.25) is 9.78 Å². The Kier molecular flexibility index (Phi) is 5.73. The van der Waals surface area contributed by atoms with Gasteiger partial charge in [0.05, 0.1) is 23.1 Å². The van der Waals surface area contributed by atoms with Gasteiger partial charge in [-0.1, -0.05) is 6.07 Å². The summed E-state index contributed by atoms with van der Waals surface area (Å²) in [6.45, 7) is 3.53. The average Bonchev–Trinajstić information content (AvgIpc) is 3.23. The van der Waals surface area contributed by atoms with E-state index in [9.17, 15) is 18.0 Å². The van der Waals surface area contributed by atoms with Crippen LogP contribution in [-0.4, -0.2) is 29.0 Å². The molecule has 0 saturated carbocycles. The van der Waals surface area contributed by atoms with Crippen molar-refractivity contribution in [2.75, 3.05) is 29.0 Å². The molecule has 0 spiro atoms. The van der Waals surface area contributed by atoms with Crippen LogP contribution in [-0.2, 0) is 6.18 Å². The number of benzene rings is 1. The largest absolute Gasteiger partial charge is 0.417 e. The highest BCUT2D eigenvalue weighted by molar-refractivity contribution is 6.04. The number of hydrogen-bond donors (Lipinski definition) is 2. The number of hydrogen-bond acceptors (Lipinski definition) is 5. The van der Waals surface area contributed by atoms with E-state index < -0.39 is 17.6 Å². The molecule has 0 bridgehead atoms. The number of alkyl halides is 3. The number of carbonyl (C=O) groups excluding carboxylic acids is 1. The van der Waals surface area contributed by atoms with E-state index in [0.717, 1.165) is 48.6 Å². The number of carbonyl (C=O) groups is 1. The van der Waals surface area contributed by atoms with E-state index in [1.807, 2.05) is 31.2 Å². The second-order valence-corrected chi connectivity index (χ2v) is 7.82. The van der Waals surface area contributed by atoms with E-state index in [0.29, 0.717) is 11.4 Å². The van der Waals surface area contributed by atoms with Crippen LogP contribution >= 0.6 is 0 Å². The van der Waals surface area contributed by atoms with E-state index in [1.54, 1.807) is 12.3 Å². The molecular formula is C23H22F3N5O. The van der Waals surface area contributed by atoms with Crippen LogP contribution in [0, 0.1) is 6.92 Å². The molecule has 2 aromatic heterocycles. The molecule has 1 aliphatic heterocycles. The van der Waals surface area contributed by atoms with Crippen molar-refractivity contribution >= 4 is 23.1 Å². The lowest BCUT2D eigenvalue weighted by Crippen LogP contribution is -2.21. The first-order chi connectivity index (χ1) is 15.2. The van der Waals surface area contributed by atoms with E-state index >= 15 is 0 Å². The van der Waals surface area contributed by atoms with Gasteiger partial charge in [0.15, 0.2) is 0 Å². The lowest BCUT2D eigenvalue weighted by Gasteiger charge is -2.20. The molecule has 166 valence electrons. The molecule has 4 rings (SSSR count). The van der Waals surface area contributed by atoms with Crippen LogP contribution in [0.25, 0.3) is 0 Å². The normalized spacial score (nSPS) is 16.2. The van der Waals surface area contributed by atoms with Crippen molar-refractivity contribution in [1.82, 2.24) is 9.97 Å². The van der Waals surface area contributed by atoms with Gasteiger partial charge in [0.1, 0.15) is 5.82 Å². The van der Waals surface area contributed by atoms with Gasteiger partial charge in [0, 0.05) is 37.0 Å². The number of nitrogens with zero attached hydrogens (tertiary/aromatic N) is 3. The van der Waals surface area contributed by atoms with Crippen molar-refractivity contribution in [2.45, 2.75) is 25.4 Å². The fraction of sp³-hybridized carbons (Fsp3) is 0.261. The van der Waals surface area contributed by atoms with Crippen LogP contribution in [0.2, 0.25) is 0 Å². The Morgan fingerprint density at radius 3 is 2.78 bits per heavy atom. The van der Waals surface area contributed by atoms with Crippen molar-refractivity contribution in [3.63, 3.8) is 0 Å². The van der Waals surface area contributed by atoms with Crippen LogP contribution in [0.3, 0.4) is 0 Å². The smallest absolute Gasteiger partial charge is 0.382 e. The summed E-state index contributed by atoms with van der Waals surface area (Å²) in [5, 5.41) is 2.51. The van der Waals surface area contributed by atoms with E-state index in [1.165, 1.54) is 6.20 Å². The van der Waals surface area contributed by atoms with Crippen molar-refractivity contribution in [3.05, 3.63) is 77.2 Å². The Morgan fingerprint density at radius 1 is 1.22 bits per heavy atom. The minimum absolute atomic E-state index is 0.00829. The molecule has 3 N–H and O–H groups in total. The molecule has 3 heterocycles. The lowest BCUT2D eigenvalue weighted by atomic mass is 9.92. The zero-order valence-electron chi connectivity index (χ0n) is 17.4. The van der Waals surface area contributed by atoms with Crippen LogP contribution in [0.15, 0.2) is 55.0 Å². The number of amides is 1. The maximum Gasteiger partial charge on any atom is 0.417 e. The Morgan fingerprint density at radius 2 is 2.03 bits per heavy atom. The Labute approximate surface area is 183 Å². The number of aryl methyl sites for hydroxylation is 1. The molecule has 6 nitrogen and oxygen atoms in total. The van der Waals surface area contributed by atoms with E-state index in [4.69, 9.17) is 5.73 Å². The average molecular weight is 441 g/mol. The minimum atomic E-state index is -4.53. The summed E-state index contributed by atoms with van der Waals surface area (Å²) in [5.41, 5.74) is 8.43. The van der Waals surface area contributed by atoms with Gasteiger partial charge in [-0.25, -0.2) is 4.98 Å². The first kappa shape index (κ1) is 21.6. The third-order valence-corrected chi connectivity index (χ3v) is 5.65. The van der Waals surface area contributed by atoms with Crippen molar-refractivity contribution < 1.29 is 18.0 Å². The summed E-state index contributed by atoms with van der Waals surface area (Å²) in [5.74, 6) is 0.184. The molecule has 1 aliphatic rings. The maximum absolute atomic E-state index is 12.9. The second kappa shape index (κ2) is 8.49. The summed E-state index contributed by atoms with van der Waals surface area (Å²) in [7, 11) is 0. The molecule has 0 radical (unpaired) electrons. The van der Waals surface area contributed by atoms with Gasteiger partial charge in [0.2, 0.25) is 0 Å². The standard InChI is InChI=1S/C23H22F3N5O/c1-14-4-5-15(22(32)30-18-10-17(11-28-12-18)23(24,25)26)9-19(14)16-6-8-31(13-16)20-3-2-7-29-21(20)27/h2-5,7,9-12,16H,6,8,13H2,1H3,(H2,27,29)(H,30,32)/t16-/m1/s1. The zero-order valence-corrected chi connectivity index (χ0v) is 17.4. The maximum atomic E-state index is 12.9. The molecule has 0 aliphatic carbocycles. The second-order valence-electron chi connectivity index (χ2n) is 7.82. The molecule has 0 unspecified atom stereocenters. The van der Waals surface area contributed by atoms with Crippen LogP contribution < -0.4 is 16.0 Å². The third kappa shape index (κ3) is 4.51. The molecular weight excluding hydrogens is 419 g/mol. The quantitative estimate of drug-likeness (QED) is 0.617. The number of nitrogens with two attached hydrogens (primary N) is 1. The van der Waals surface area contributed by atoms with Crippen LogP contribution in [0.5, 0.6) is 0 Å². The lowest BCUT2D eigenvalue weighted by molar-refractivity contribution is -0.137. The van der Waals surface area contributed by atoms with Gasteiger partial charge < -0.3 is 16.0 Å². The number of nitrogen functional groups attached to an aromatic ring is 1. The molecule has 1 atom stereocenters. The summed E-state index contributed by atoms with van der Waals surface area (Å²) >= 11 is 0. The molecule has 1 amide bonds. The van der Waals surface area contributed by atoms with Crippen LogP contribution in [0.1, 0.15) is 39.4 Å². The summed E-state index contributed by atoms with van der Waals surface area (Å²) < 4.78 is 38.7. The molecule has 1 saturated heterocycles.